The molecule has 0 spiro atoms. The van der Waals surface area contributed by atoms with Gasteiger partial charge in [0, 0.05) is 0 Å². The first-order chi connectivity index (χ1) is 6.88. The third-order valence-electron chi connectivity index (χ3n) is 2.08. The lowest BCUT2D eigenvalue weighted by molar-refractivity contribution is -0.0796. The molecule has 2 rings (SSSR count). The second-order valence-corrected chi connectivity index (χ2v) is 3.23. The lowest BCUT2D eigenvalue weighted by atomic mass is 10.2. The van der Waals surface area contributed by atoms with E-state index in [1.807, 2.05) is 24.3 Å². The fourth-order valence-electron chi connectivity index (χ4n) is 1.24. The predicted molar refractivity (Wildman–Crippen MR) is 50.7 cm³/mol. The van der Waals surface area contributed by atoms with Crippen molar-refractivity contribution in [2.24, 2.45) is 5.90 Å². The van der Waals surface area contributed by atoms with Crippen molar-refractivity contribution in [1.29, 1.82) is 0 Å². The topological polar surface area (TPSA) is 53.7 Å². The Morgan fingerprint density at radius 2 is 2.00 bits per heavy atom. The summed E-state index contributed by atoms with van der Waals surface area (Å²) >= 11 is 0. The van der Waals surface area contributed by atoms with Crippen molar-refractivity contribution in [3.8, 4) is 5.75 Å². The first-order valence-corrected chi connectivity index (χ1v) is 4.53. The molecule has 1 aromatic carbocycles. The van der Waals surface area contributed by atoms with Gasteiger partial charge in [0.1, 0.15) is 11.9 Å². The predicted octanol–water partition coefficient (Wildman–Crippen LogP) is 0.854. The Labute approximate surface area is 82.5 Å². The summed E-state index contributed by atoms with van der Waals surface area (Å²) in [6.07, 6.45) is 0.214. The van der Waals surface area contributed by atoms with E-state index in [4.69, 9.17) is 15.4 Å². The van der Waals surface area contributed by atoms with Crippen LogP contribution in [0.4, 0.5) is 0 Å². The van der Waals surface area contributed by atoms with Gasteiger partial charge < -0.3 is 9.47 Å². The molecule has 4 nitrogen and oxygen atoms in total. The molecule has 0 atom stereocenters. The van der Waals surface area contributed by atoms with Crippen LogP contribution in [0.1, 0.15) is 5.56 Å². The van der Waals surface area contributed by atoms with Crippen LogP contribution in [0.25, 0.3) is 0 Å². The summed E-state index contributed by atoms with van der Waals surface area (Å²) in [4.78, 5) is 4.52. The number of hydrogen-bond acceptors (Lipinski definition) is 4. The second kappa shape index (κ2) is 4.41. The van der Waals surface area contributed by atoms with Gasteiger partial charge in [0.25, 0.3) is 0 Å². The molecule has 14 heavy (non-hydrogen) atoms. The second-order valence-electron chi connectivity index (χ2n) is 3.23. The fraction of sp³-hybridized carbons (Fsp3) is 0.400. The van der Waals surface area contributed by atoms with Gasteiger partial charge in [-0.15, -0.1) is 0 Å². The Morgan fingerprint density at radius 3 is 2.50 bits per heavy atom. The third-order valence-corrected chi connectivity index (χ3v) is 2.08. The quantitative estimate of drug-likeness (QED) is 0.724. The van der Waals surface area contributed by atoms with E-state index >= 15 is 0 Å². The molecule has 2 N–H and O–H groups in total. The molecule has 1 saturated heterocycles. The van der Waals surface area contributed by atoms with Crippen molar-refractivity contribution in [1.82, 2.24) is 0 Å². The number of hydrogen-bond donors (Lipinski definition) is 1. The average Bonchev–Trinajstić information content (AvgIpc) is 2.14. The zero-order valence-electron chi connectivity index (χ0n) is 7.81. The van der Waals surface area contributed by atoms with Crippen LogP contribution in [-0.2, 0) is 16.2 Å². The van der Waals surface area contributed by atoms with Crippen molar-refractivity contribution in [2.75, 3.05) is 13.2 Å². The summed E-state index contributed by atoms with van der Waals surface area (Å²) in [7, 11) is 0. The zero-order valence-corrected chi connectivity index (χ0v) is 7.81. The molecule has 1 aliphatic heterocycles. The largest absolute Gasteiger partial charge is 0.486 e. The highest BCUT2D eigenvalue weighted by Crippen LogP contribution is 2.16. The van der Waals surface area contributed by atoms with Crippen LogP contribution >= 0.6 is 0 Å². The molecule has 0 radical (unpaired) electrons. The lowest BCUT2D eigenvalue weighted by Gasteiger charge is -2.26. The Hall–Kier alpha value is -1.10. The van der Waals surface area contributed by atoms with Gasteiger partial charge in [-0.3, -0.25) is 4.84 Å². The highest BCUT2D eigenvalue weighted by molar-refractivity contribution is 5.27. The van der Waals surface area contributed by atoms with Crippen LogP contribution in [0, 0.1) is 0 Å². The zero-order chi connectivity index (χ0) is 9.80. The van der Waals surface area contributed by atoms with Gasteiger partial charge >= 0.3 is 0 Å². The average molecular weight is 195 g/mol. The molecule has 0 unspecified atom stereocenters. The van der Waals surface area contributed by atoms with Gasteiger partial charge in [-0.25, -0.2) is 5.90 Å². The summed E-state index contributed by atoms with van der Waals surface area (Å²) in [6, 6.07) is 7.68. The van der Waals surface area contributed by atoms with Crippen LogP contribution in [0.2, 0.25) is 0 Å². The van der Waals surface area contributed by atoms with Crippen LogP contribution in [0.5, 0.6) is 5.75 Å². The molecule has 0 aliphatic carbocycles. The van der Waals surface area contributed by atoms with Gasteiger partial charge in [-0.2, -0.15) is 0 Å². The molecule has 76 valence electrons. The van der Waals surface area contributed by atoms with E-state index in [1.54, 1.807) is 0 Å². The first-order valence-electron chi connectivity index (χ1n) is 4.53. The monoisotopic (exact) mass is 195 g/mol. The van der Waals surface area contributed by atoms with Gasteiger partial charge in [0.05, 0.1) is 19.8 Å². The minimum Gasteiger partial charge on any atom is -0.486 e. The molecule has 0 amide bonds. The van der Waals surface area contributed by atoms with Gasteiger partial charge in [-0.05, 0) is 17.7 Å². The molecule has 0 aromatic heterocycles. The normalized spacial score (nSPS) is 16.4. The number of benzene rings is 1. The van der Waals surface area contributed by atoms with Gasteiger partial charge in [0.15, 0.2) is 0 Å². The van der Waals surface area contributed by atoms with Crippen LogP contribution in [-0.4, -0.2) is 19.3 Å². The van der Waals surface area contributed by atoms with Crippen molar-refractivity contribution < 1.29 is 14.3 Å². The maximum Gasteiger partial charge on any atom is 0.145 e. The van der Waals surface area contributed by atoms with Crippen molar-refractivity contribution in [3.05, 3.63) is 29.8 Å². The number of ether oxygens (including phenoxy) is 2. The van der Waals surface area contributed by atoms with Gasteiger partial charge in [-0.1, -0.05) is 12.1 Å². The van der Waals surface area contributed by atoms with Crippen LogP contribution in [0.15, 0.2) is 24.3 Å². The Bertz CT molecular complexity index is 282. The van der Waals surface area contributed by atoms with Crippen molar-refractivity contribution >= 4 is 0 Å². The van der Waals surface area contributed by atoms with E-state index in [0.29, 0.717) is 19.8 Å². The van der Waals surface area contributed by atoms with Crippen molar-refractivity contribution in [2.45, 2.75) is 12.7 Å². The standard InChI is InChI=1S/C10H13NO3/c11-13-5-8-1-3-9(4-2-8)14-10-6-12-7-10/h1-4,10H,5-7,11H2. The van der Waals surface area contributed by atoms with Crippen LogP contribution in [0.3, 0.4) is 0 Å². The SMILES string of the molecule is NOCc1ccc(OC2COC2)cc1. The van der Waals surface area contributed by atoms with Crippen LogP contribution < -0.4 is 10.6 Å². The minimum absolute atomic E-state index is 0.214. The Kier molecular flexibility index (Phi) is 2.98. The van der Waals surface area contributed by atoms with E-state index in [2.05, 4.69) is 4.84 Å². The number of nitrogens with two attached hydrogens (primary N) is 1. The van der Waals surface area contributed by atoms with E-state index in [-0.39, 0.29) is 6.10 Å². The summed E-state index contributed by atoms with van der Waals surface area (Å²) in [5.41, 5.74) is 1.03. The lowest BCUT2D eigenvalue weighted by Crippen LogP contribution is -2.38. The molecule has 4 heteroatoms. The molecule has 0 saturated carbocycles. The summed E-state index contributed by atoms with van der Waals surface area (Å²) < 4.78 is 10.6. The summed E-state index contributed by atoms with van der Waals surface area (Å²) in [5.74, 6) is 5.82. The maximum atomic E-state index is 5.59. The maximum absolute atomic E-state index is 5.59. The summed E-state index contributed by atoms with van der Waals surface area (Å²) in [6.45, 7) is 1.80. The van der Waals surface area contributed by atoms with E-state index < -0.39 is 0 Å². The highest BCUT2D eigenvalue weighted by Gasteiger charge is 2.19. The molecule has 0 bridgehead atoms. The number of rotatable bonds is 4. The minimum atomic E-state index is 0.214. The smallest absolute Gasteiger partial charge is 0.145 e. The Morgan fingerprint density at radius 1 is 1.29 bits per heavy atom. The Balaban J connectivity index is 1.91. The fourth-order valence-corrected chi connectivity index (χ4v) is 1.24. The molecule has 1 aromatic rings. The molecule has 1 aliphatic rings. The van der Waals surface area contributed by atoms with Crippen molar-refractivity contribution in [3.63, 3.8) is 0 Å². The van der Waals surface area contributed by atoms with E-state index in [9.17, 15) is 0 Å². The molecular formula is C10H13NO3. The van der Waals surface area contributed by atoms with Gasteiger partial charge in [0.2, 0.25) is 0 Å². The molecule has 1 heterocycles. The third kappa shape index (κ3) is 2.23. The van der Waals surface area contributed by atoms with E-state index in [0.717, 1.165) is 11.3 Å². The first kappa shape index (κ1) is 9.45. The highest BCUT2D eigenvalue weighted by atomic mass is 16.6. The molecular weight excluding hydrogens is 182 g/mol. The summed E-state index contributed by atoms with van der Waals surface area (Å²) in [5, 5.41) is 0. The van der Waals surface area contributed by atoms with E-state index in [1.165, 1.54) is 0 Å². The molecule has 1 fully saturated rings.